The first kappa shape index (κ1) is 15.8. The van der Waals surface area contributed by atoms with Crippen molar-refractivity contribution in [2.24, 2.45) is 0 Å². The first-order chi connectivity index (χ1) is 9.99. The zero-order valence-electron chi connectivity index (χ0n) is 13.8. The summed E-state index contributed by atoms with van der Waals surface area (Å²) < 4.78 is 4.02. The molecule has 0 aromatic carbocycles. The van der Waals surface area contributed by atoms with Gasteiger partial charge in [-0.1, -0.05) is 20.8 Å². The molecule has 5 nitrogen and oxygen atoms in total. The van der Waals surface area contributed by atoms with Crippen LogP contribution in [-0.2, 0) is 13.1 Å². The Morgan fingerprint density at radius 1 is 1.24 bits per heavy atom. The number of hydrogen-bond acceptors (Lipinski definition) is 3. The first-order valence-electron chi connectivity index (χ1n) is 7.80. The molecule has 0 saturated heterocycles. The average molecular weight is 289 g/mol. The minimum atomic E-state index is 0.448. The van der Waals surface area contributed by atoms with E-state index < -0.39 is 0 Å². The standard InChI is InChI=1S/C16H27N5/c1-6-13(4)21-8-7-16(19-21)11-20-10-15(14(5)18-20)9-17-12(2)3/h7-8,10,12-13,17H,6,9,11H2,1-5H3. The Labute approximate surface area is 127 Å². The fourth-order valence-electron chi connectivity index (χ4n) is 2.19. The topological polar surface area (TPSA) is 47.7 Å². The molecular weight excluding hydrogens is 262 g/mol. The molecule has 0 saturated carbocycles. The van der Waals surface area contributed by atoms with Crippen LogP contribution in [-0.4, -0.2) is 25.6 Å². The van der Waals surface area contributed by atoms with Crippen molar-refractivity contribution in [3.63, 3.8) is 0 Å². The highest BCUT2D eigenvalue weighted by Crippen LogP contribution is 2.11. The molecule has 2 aromatic rings. The van der Waals surface area contributed by atoms with Crippen LogP contribution in [0.2, 0.25) is 0 Å². The molecule has 116 valence electrons. The summed E-state index contributed by atoms with van der Waals surface area (Å²) in [5.41, 5.74) is 3.40. The predicted molar refractivity (Wildman–Crippen MR) is 85.3 cm³/mol. The summed E-state index contributed by atoms with van der Waals surface area (Å²) in [7, 11) is 0. The van der Waals surface area contributed by atoms with E-state index in [0.717, 1.165) is 30.9 Å². The van der Waals surface area contributed by atoms with Gasteiger partial charge in [0.25, 0.3) is 0 Å². The normalized spacial score (nSPS) is 13.0. The van der Waals surface area contributed by atoms with Crippen molar-refractivity contribution in [3.8, 4) is 0 Å². The third-order valence-electron chi connectivity index (χ3n) is 3.78. The van der Waals surface area contributed by atoms with Crippen LogP contribution in [0, 0.1) is 6.92 Å². The van der Waals surface area contributed by atoms with Crippen molar-refractivity contribution < 1.29 is 0 Å². The van der Waals surface area contributed by atoms with Crippen molar-refractivity contribution >= 4 is 0 Å². The van der Waals surface area contributed by atoms with Gasteiger partial charge in [0.15, 0.2) is 0 Å². The summed E-state index contributed by atoms with van der Waals surface area (Å²) in [5.74, 6) is 0. The maximum Gasteiger partial charge on any atom is 0.0850 e. The number of hydrogen-bond donors (Lipinski definition) is 1. The van der Waals surface area contributed by atoms with E-state index in [-0.39, 0.29) is 0 Å². The van der Waals surface area contributed by atoms with E-state index in [9.17, 15) is 0 Å². The third-order valence-corrected chi connectivity index (χ3v) is 3.78. The molecule has 0 amide bonds. The zero-order chi connectivity index (χ0) is 15.4. The van der Waals surface area contributed by atoms with Crippen molar-refractivity contribution in [2.75, 3.05) is 0 Å². The molecule has 0 radical (unpaired) electrons. The molecule has 0 aliphatic rings. The third kappa shape index (κ3) is 4.17. The Morgan fingerprint density at radius 2 is 2.00 bits per heavy atom. The first-order valence-corrected chi connectivity index (χ1v) is 7.80. The van der Waals surface area contributed by atoms with E-state index >= 15 is 0 Å². The number of aromatic nitrogens is 4. The predicted octanol–water partition coefficient (Wildman–Crippen LogP) is 2.91. The summed E-state index contributed by atoms with van der Waals surface area (Å²) in [4.78, 5) is 0. The van der Waals surface area contributed by atoms with Crippen LogP contribution >= 0.6 is 0 Å². The Hall–Kier alpha value is -1.62. The Morgan fingerprint density at radius 3 is 2.67 bits per heavy atom. The molecule has 2 rings (SSSR count). The Balaban J connectivity index is 2.03. The summed E-state index contributed by atoms with van der Waals surface area (Å²) in [6, 6.07) is 3.01. The summed E-state index contributed by atoms with van der Waals surface area (Å²) in [6.45, 7) is 12.3. The van der Waals surface area contributed by atoms with Gasteiger partial charge in [-0.2, -0.15) is 10.2 Å². The molecule has 1 atom stereocenters. The van der Waals surface area contributed by atoms with Gasteiger partial charge < -0.3 is 5.32 Å². The van der Waals surface area contributed by atoms with Gasteiger partial charge in [-0.3, -0.25) is 9.36 Å². The van der Waals surface area contributed by atoms with Gasteiger partial charge in [-0.05, 0) is 26.3 Å². The maximum atomic E-state index is 4.63. The molecule has 1 unspecified atom stereocenters. The molecule has 0 fully saturated rings. The van der Waals surface area contributed by atoms with Crippen LogP contribution in [0.1, 0.15) is 57.1 Å². The van der Waals surface area contributed by atoms with Gasteiger partial charge in [-0.15, -0.1) is 0 Å². The lowest BCUT2D eigenvalue weighted by molar-refractivity contribution is 0.471. The number of nitrogens with one attached hydrogen (secondary N) is 1. The SMILES string of the molecule is CCC(C)n1ccc(Cn2cc(CNC(C)C)c(C)n2)n1. The molecular formula is C16H27N5. The van der Waals surface area contributed by atoms with E-state index in [4.69, 9.17) is 0 Å². The Kier molecular flexibility index (Phi) is 5.17. The molecule has 2 aromatic heterocycles. The summed E-state index contributed by atoms with van der Waals surface area (Å²) in [5, 5.41) is 12.6. The second-order valence-electron chi connectivity index (χ2n) is 6.02. The van der Waals surface area contributed by atoms with E-state index in [1.54, 1.807) is 0 Å². The van der Waals surface area contributed by atoms with Crippen molar-refractivity contribution in [2.45, 2.75) is 66.2 Å². The minimum absolute atomic E-state index is 0.448. The molecule has 2 heterocycles. The van der Waals surface area contributed by atoms with E-state index in [0.29, 0.717) is 12.1 Å². The van der Waals surface area contributed by atoms with Gasteiger partial charge >= 0.3 is 0 Å². The van der Waals surface area contributed by atoms with Gasteiger partial charge in [0.2, 0.25) is 0 Å². The summed E-state index contributed by atoms with van der Waals surface area (Å²) in [6.07, 6.45) is 5.26. The second kappa shape index (κ2) is 6.89. The monoisotopic (exact) mass is 289 g/mol. The van der Waals surface area contributed by atoms with Gasteiger partial charge in [0, 0.05) is 36.6 Å². The van der Waals surface area contributed by atoms with E-state index in [2.05, 4.69) is 68.6 Å². The van der Waals surface area contributed by atoms with Gasteiger partial charge in [0.05, 0.1) is 17.9 Å². The zero-order valence-corrected chi connectivity index (χ0v) is 13.8. The van der Waals surface area contributed by atoms with Crippen molar-refractivity contribution in [1.82, 2.24) is 24.9 Å². The van der Waals surface area contributed by atoms with Crippen LogP contribution in [0.4, 0.5) is 0 Å². The highest BCUT2D eigenvalue weighted by atomic mass is 15.3. The second-order valence-corrected chi connectivity index (χ2v) is 6.02. The van der Waals surface area contributed by atoms with Gasteiger partial charge in [-0.25, -0.2) is 0 Å². The number of rotatable bonds is 7. The van der Waals surface area contributed by atoms with Crippen LogP contribution in [0.25, 0.3) is 0 Å². The minimum Gasteiger partial charge on any atom is -0.310 e. The molecule has 0 spiro atoms. The lowest BCUT2D eigenvalue weighted by atomic mass is 10.2. The average Bonchev–Trinajstić information content (AvgIpc) is 3.03. The van der Waals surface area contributed by atoms with Gasteiger partial charge in [0.1, 0.15) is 0 Å². The molecule has 0 aliphatic heterocycles. The molecule has 0 bridgehead atoms. The Bertz CT molecular complexity index is 567. The highest BCUT2D eigenvalue weighted by molar-refractivity contribution is 5.16. The quantitative estimate of drug-likeness (QED) is 0.852. The molecule has 5 heteroatoms. The van der Waals surface area contributed by atoms with Crippen LogP contribution in [0.5, 0.6) is 0 Å². The highest BCUT2D eigenvalue weighted by Gasteiger charge is 2.08. The largest absolute Gasteiger partial charge is 0.310 e. The van der Waals surface area contributed by atoms with Crippen molar-refractivity contribution in [1.29, 1.82) is 0 Å². The lowest BCUT2D eigenvalue weighted by Crippen LogP contribution is -2.21. The van der Waals surface area contributed by atoms with Crippen LogP contribution in [0.15, 0.2) is 18.5 Å². The number of nitrogens with zero attached hydrogens (tertiary/aromatic N) is 4. The number of aryl methyl sites for hydroxylation is 1. The van der Waals surface area contributed by atoms with E-state index in [1.165, 1.54) is 5.56 Å². The molecule has 21 heavy (non-hydrogen) atoms. The maximum absolute atomic E-state index is 4.63. The molecule has 1 N–H and O–H groups in total. The molecule has 0 aliphatic carbocycles. The smallest absolute Gasteiger partial charge is 0.0850 e. The van der Waals surface area contributed by atoms with Crippen molar-refractivity contribution in [3.05, 3.63) is 35.4 Å². The fourth-order valence-corrected chi connectivity index (χ4v) is 2.19. The summed E-state index contributed by atoms with van der Waals surface area (Å²) >= 11 is 0. The fraction of sp³-hybridized carbons (Fsp3) is 0.625. The van der Waals surface area contributed by atoms with Crippen LogP contribution < -0.4 is 5.32 Å². The van der Waals surface area contributed by atoms with Crippen LogP contribution in [0.3, 0.4) is 0 Å². The van der Waals surface area contributed by atoms with E-state index in [1.807, 2.05) is 9.36 Å². The lowest BCUT2D eigenvalue weighted by Gasteiger charge is -2.08.